The van der Waals surface area contributed by atoms with Gasteiger partial charge in [-0.05, 0) is 30.4 Å². The van der Waals surface area contributed by atoms with Gasteiger partial charge in [-0.1, -0.05) is 11.3 Å². The van der Waals surface area contributed by atoms with Crippen molar-refractivity contribution in [3.05, 3.63) is 24.0 Å². The number of hydrogen-bond donors (Lipinski definition) is 2. The number of rotatable bonds is 7. The van der Waals surface area contributed by atoms with Gasteiger partial charge in [0.1, 0.15) is 10.5 Å². The SMILES string of the molecule is COCC[S+](OC)c1sc2nc(-c3cnc(N)nc3)cc(C3CC3)c2c1N. The van der Waals surface area contributed by atoms with Crippen LogP contribution in [0.3, 0.4) is 0 Å². The van der Waals surface area contributed by atoms with Crippen molar-refractivity contribution in [1.82, 2.24) is 15.0 Å². The summed E-state index contributed by atoms with van der Waals surface area (Å²) >= 11 is 1.20. The second kappa shape index (κ2) is 7.59. The Bertz CT molecular complexity index is 957. The molecule has 9 heteroatoms. The monoisotopic (exact) mass is 404 g/mol. The standard InChI is InChI=1S/C18H22N5O2S2/c1-24-5-6-27(25-2)17-15(19)14-12(10-3-4-10)7-13(23-16(14)26-17)11-8-21-18(20)22-9-11/h7-10H,3-6,19H2,1-2H3,(H2,20,21,22)/q+1. The van der Waals surface area contributed by atoms with Crippen LogP contribution in [0.15, 0.2) is 22.7 Å². The minimum atomic E-state index is -0.407. The average Bonchev–Trinajstić information content (AvgIpc) is 3.47. The van der Waals surface area contributed by atoms with E-state index in [0.717, 1.165) is 37.1 Å². The Labute approximate surface area is 164 Å². The summed E-state index contributed by atoms with van der Waals surface area (Å²) in [5, 5.41) is 1.07. The summed E-state index contributed by atoms with van der Waals surface area (Å²) in [7, 11) is 3.41. The van der Waals surface area contributed by atoms with E-state index >= 15 is 0 Å². The van der Waals surface area contributed by atoms with Crippen LogP contribution in [0.5, 0.6) is 0 Å². The zero-order chi connectivity index (χ0) is 19.0. The molecule has 1 aliphatic carbocycles. The highest BCUT2D eigenvalue weighted by Gasteiger charge is 2.34. The molecule has 7 nitrogen and oxygen atoms in total. The molecule has 1 fully saturated rings. The van der Waals surface area contributed by atoms with Gasteiger partial charge in [0.15, 0.2) is 16.9 Å². The molecule has 0 bridgehead atoms. The maximum atomic E-state index is 6.58. The fourth-order valence-corrected chi connectivity index (χ4v) is 6.14. The van der Waals surface area contributed by atoms with E-state index in [1.54, 1.807) is 38.0 Å². The van der Waals surface area contributed by atoms with E-state index in [9.17, 15) is 0 Å². The van der Waals surface area contributed by atoms with Gasteiger partial charge in [0.25, 0.3) is 4.21 Å². The Morgan fingerprint density at radius 3 is 2.59 bits per heavy atom. The summed E-state index contributed by atoms with van der Waals surface area (Å²) in [4.78, 5) is 14.0. The molecule has 3 aromatic heterocycles. The van der Waals surface area contributed by atoms with Crippen LogP contribution in [0.2, 0.25) is 0 Å². The van der Waals surface area contributed by atoms with E-state index in [1.807, 2.05) is 0 Å². The molecule has 142 valence electrons. The molecule has 27 heavy (non-hydrogen) atoms. The number of nitrogens with zero attached hydrogens (tertiary/aromatic N) is 3. The van der Waals surface area contributed by atoms with E-state index in [1.165, 1.54) is 18.4 Å². The van der Waals surface area contributed by atoms with Crippen molar-refractivity contribution in [2.24, 2.45) is 0 Å². The first kappa shape index (κ1) is 18.4. The van der Waals surface area contributed by atoms with E-state index in [-0.39, 0.29) is 5.95 Å². The number of ether oxygens (including phenoxy) is 1. The number of nitrogen functional groups attached to an aromatic ring is 2. The van der Waals surface area contributed by atoms with Gasteiger partial charge in [-0.3, -0.25) is 0 Å². The van der Waals surface area contributed by atoms with Crippen LogP contribution < -0.4 is 11.5 Å². The molecule has 4 rings (SSSR count). The maximum absolute atomic E-state index is 6.58. The number of hydrogen-bond acceptors (Lipinski definition) is 8. The van der Waals surface area contributed by atoms with Gasteiger partial charge in [0.05, 0.1) is 19.4 Å². The first-order valence-corrected chi connectivity index (χ1v) is 10.8. The van der Waals surface area contributed by atoms with Gasteiger partial charge >= 0.3 is 0 Å². The minimum Gasteiger partial charge on any atom is -0.393 e. The Morgan fingerprint density at radius 2 is 1.96 bits per heavy atom. The van der Waals surface area contributed by atoms with Crippen molar-refractivity contribution in [3.63, 3.8) is 0 Å². The molecule has 1 unspecified atom stereocenters. The first-order valence-electron chi connectivity index (χ1n) is 8.67. The van der Waals surface area contributed by atoms with Crippen LogP contribution in [0, 0.1) is 0 Å². The molecule has 0 spiro atoms. The molecule has 0 aliphatic heterocycles. The number of fused-ring (bicyclic) bond motifs is 1. The molecule has 0 amide bonds. The van der Waals surface area contributed by atoms with Crippen molar-refractivity contribution in [2.45, 2.75) is 23.0 Å². The molecule has 3 heterocycles. The van der Waals surface area contributed by atoms with Gasteiger partial charge in [-0.25, -0.2) is 15.0 Å². The summed E-state index contributed by atoms with van der Waals surface area (Å²) in [6.07, 6.45) is 5.79. The van der Waals surface area contributed by atoms with E-state index in [2.05, 4.69) is 16.0 Å². The topological polar surface area (TPSA) is 109 Å². The smallest absolute Gasteiger partial charge is 0.269 e. The second-order valence-electron chi connectivity index (χ2n) is 6.39. The fourth-order valence-electron chi connectivity index (χ4n) is 3.04. The van der Waals surface area contributed by atoms with Crippen molar-refractivity contribution >= 4 is 44.4 Å². The lowest BCUT2D eigenvalue weighted by atomic mass is 10.0. The van der Waals surface area contributed by atoms with Crippen molar-refractivity contribution < 1.29 is 8.92 Å². The minimum absolute atomic E-state index is 0.257. The predicted molar refractivity (Wildman–Crippen MR) is 111 cm³/mol. The van der Waals surface area contributed by atoms with Crippen molar-refractivity contribution in [3.8, 4) is 11.3 Å². The molecule has 1 saturated carbocycles. The van der Waals surface area contributed by atoms with Crippen LogP contribution in [0.4, 0.5) is 11.6 Å². The number of pyridine rings is 1. The summed E-state index contributed by atoms with van der Waals surface area (Å²) < 4.78 is 12.0. The van der Waals surface area contributed by atoms with Crippen LogP contribution in [-0.2, 0) is 20.1 Å². The highest BCUT2D eigenvalue weighted by Crippen LogP contribution is 2.49. The fraction of sp³-hybridized carbons (Fsp3) is 0.389. The molecule has 0 saturated heterocycles. The lowest BCUT2D eigenvalue weighted by Crippen LogP contribution is -2.14. The van der Waals surface area contributed by atoms with Gasteiger partial charge in [0, 0.05) is 30.5 Å². The predicted octanol–water partition coefficient (Wildman–Crippen LogP) is 2.98. The maximum Gasteiger partial charge on any atom is 0.269 e. The second-order valence-corrected chi connectivity index (χ2v) is 9.49. The first-order chi connectivity index (χ1) is 13.1. The molecule has 0 radical (unpaired) electrons. The number of nitrogens with two attached hydrogens (primary N) is 2. The Kier molecular flexibility index (Phi) is 5.18. The van der Waals surface area contributed by atoms with E-state index in [0.29, 0.717) is 12.5 Å². The highest BCUT2D eigenvalue weighted by atomic mass is 32.2. The third-order valence-electron chi connectivity index (χ3n) is 4.56. The molecule has 1 aliphatic rings. The zero-order valence-corrected chi connectivity index (χ0v) is 16.9. The van der Waals surface area contributed by atoms with Crippen molar-refractivity contribution in [2.75, 3.05) is 38.0 Å². The lowest BCUT2D eigenvalue weighted by Gasteiger charge is -2.07. The van der Waals surface area contributed by atoms with Gasteiger partial charge in [-0.15, -0.1) is 0 Å². The Morgan fingerprint density at radius 1 is 1.22 bits per heavy atom. The van der Waals surface area contributed by atoms with Crippen LogP contribution in [0.1, 0.15) is 24.3 Å². The van der Waals surface area contributed by atoms with Crippen LogP contribution in [-0.4, -0.2) is 41.5 Å². The third kappa shape index (κ3) is 3.60. The largest absolute Gasteiger partial charge is 0.393 e. The summed E-state index contributed by atoms with van der Waals surface area (Å²) in [6.45, 7) is 0.627. The average molecular weight is 405 g/mol. The number of anilines is 2. The van der Waals surface area contributed by atoms with Gasteiger partial charge in [0.2, 0.25) is 5.95 Å². The summed E-state index contributed by atoms with van der Waals surface area (Å²) in [5.41, 5.74) is 16.0. The van der Waals surface area contributed by atoms with E-state index < -0.39 is 11.2 Å². The summed E-state index contributed by atoms with van der Waals surface area (Å²) in [5.74, 6) is 1.57. The quantitative estimate of drug-likeness (QED) is 0.583. The molecule has 4 N–H and O–H groups in total. The Balaban J connectivity index is 1.84. The molecule has 0 aromatic carbocycles. The normalized spacial score (nSPS) is 15.3. The van der Waals surface area contributed by atoms with Gasteiger partial charge in [-0.2, -0.15) is 4.18 Å². The number of aromatic nitrogens is 3. The Hall–Kier alpha value is -1.94. The zero-order valence-electron chi connectivity index (χ0n) is 15.3. The van der Waals surface area contributed by atoms with Crippen LogP contribution >= 0.6 is 11.3 Å². The van der Waals surface area contributed by atoms with Crippen LogP contribution in [0.25, 0.3) is 21.5 Å². The highest BCUT2D eigenvalue weighted by molar-refractivity contribution is 7.94. The van der Waals surface area contributed by atoms with E-state index in [4.69, 9.17) is 25.4 Å². The number of thiophene rings is 1. The third-order valence-corrected chi connectivity index (χ3v) is 7.84. The molecular formula is C18H22N5O2S2+. The number of methoxy groups -OCH3 is 1. The lowest BCUT2D eigenvalue weighted by molar-refractivity contribution is 0.216. The molecule has 1 atom stereocenters. The summed E-state index contributed by atoms with van der Waals surface area (Å²) in [6, 6.07) is 2.13. The van der Waals surface area contributed by atoms with Crippen molar-refractivity contribution in [1.29, 1.82) is 0 Å². The molecule has 3 aromatic rings. The molecular weight excluding hydrogens is 382 g/mol. The van der Waals surface area contributed by atoms with Gasteiger partial charge < -0.3 is 16.2 Å².